The van der Waals surface area contributed by atoms with Gasteiger partial charge in [0.1, 0.15) is 0 Å². The molecule has 0 spiro atoms. The van der Waals surface area contributed by atoms with Crippen molar-refractivity contribution >= 4 is 26.0 Å². The predicted octanol–water partition coefficient (Wildman–Crippen LogP) is 2.85. The molecule has 0 unspecified atom stereocenters. The smallest absolute Gasteiger partial charge is 0.240 e. The third-order valence-electron chi connectivity index (χ3n) is 3.25. The maximum absolute atomic E-state index is 12.2. The van der Waals surface area contributed by atoms with E-state index in [1.807, 2.05) is 6.07 Å². The highest BCUT2D eigenvalue weighted by molar-refractivity contribution is 9.10. The highest BCUT2D eigenvalue weighted by Gasteiger charge is 2.21. The maximum atomic E-state index is 12.2. The molecule has 2 rings (SSSR count). The zero-order valence-electron chi connectivity index (χ0n) is 11.6. The van der Waals surface area contributed by atoms with Crippen LogP contribution in [0.5, 0.6) is 0 Å². The van der Waals surface area contributed by atoms with E-state index in [0.29, 0.717) is 24.5 Å². The molecule has 1 fully saturated rings. The fraction of sp³-hybridized carbons (Fsp3) is 0.571. The third-order valence-corrected chi connectivity index (χ3v) is 5.34. The Morgan fingerprint density at radius 2 is 2.15 bits per heavy atom. The zero-order chi connectivity index (χ0) is 14.6. The first-order valence-electron chi connectivity index (χ1n) is 6.82. The number of ether oxygens (including phenoxy) is 1. The molecule has 0 atom stereocenters. The van der Waals surface area contributed by atoms with Crippen molar-refractivity contribution in [3.8, 4) is 0 Å². The average molecular weight is 362 g/mol. The summed E-state index contributed by atoms with van der Waals surface area (Å²) < 4.78 is 33.2. The molecule has 0 heterocycles. The molecule has 0 aromatic heterocycles. The number of sulfonamides is 1. The van der Waals surface area contributed by atoms with Crippen LogP contribution >= 0.6 is 15.9 Å². The van der Waals surface area contributed by atoms with Crippen molar-refractivity contribution in [3.05, 3.63) is 28.2 Å². The Morgan fingerprint density at radius 1 is 1.40 bits per heavy atom. The van der Waals surface area contributed by atoms with E-state index in [-0.39, 0.29) is 0 Å². The van der Waals surface area contributed by atoms with E-state index >= 15 is 0 Å². The summed E-state index contributed by atoms with van der Waals surface area (Å²) in [5.41, 5.74) is 0.741. The number of nitrogens with one attached hydrogen (secondary N) is 1. The molecule has 1 aromatic rings. The third kappa shape index (κ3) is 4.84. The first-order valence-corrected chi connectivity index (χ1v) is 9.10. The van der Waals surface area contributed by atoms with E-state index < -0.39 is 10.0 Å². The number of aryl methyl sites for hydroxylation is 1. The molecule has 0 bridgehead atoms. The van der Waals surface area contributed by atoms with Gasteiger partial charge in [0.2, 0.25) is 10.0 Å². The second-order valence-corrected chi connectivity index (χ2v) is 7.83. The Labute approximate surface area is 129 Å². The largest absolute Gasteiger partial charge is 0.381 e. The number of hydrogen-bond acceptors (Lipinski definition) is 3. The molecular formula is C14H20BrNO3S. The van der Waals surface area contributed by atoms with Crippen LogP contribution in [0, 0.1) is 12.8 Å². The standard InChI is InChI=1S/C14H20BrNO3S/c1-11-3-6-13(15)9-14(11)20(17,18)16-7-2-8-19-10-12-4-5-12/h3,6,9,12,16H,2,4-5,7-8,10H2,1H3. The van der Waals surface area contributed by atoms with E-state index in [1.54, 1.807) is 19.1 Å². The lowest BCUT2D eigenvalue weighted by atomic mass is 10.2. The minimum Gasteiger partial charge on any atom is -0.381 e. The number of hydrogen-bond donors (Lipinski definition) is 1. The van der Waals surface area contributed by atoms with Crippen molar-refractivity contribution in [3.63, 3.8) is 0 Å². The Balaban J connectivity index is 1.79. The Bertz CT molecular complexity index is 556. The lowest BCUT2D eigenvalue weighted by Crippen LogP contribution is -2.26. The topological polar surface area (TPSA) is 55.4 Å². The van der Waals surface area contributed by atoms with Crippen LogP contribution in [0.1, 0.15) is 24.8 Å². The summed E-state index contributed by atoms with van der Waals surface area (Å²) in [6, 6.07) is 5.25. The molecule has 4 nitrogen and oxygen atoms in total. The average Bonchev–Trinajstić information content (AvgIpc) is 3.20. The van der Waals surface area contributed by atoms with Crippen molar-refractivity contribution in [1.29, 1.82) is 0 Å². The molecule has 0 radical (unpaired) electrons. The van der Waals surface area contributed by atoms with Crippen molar-refractivity contribution in [2.24, 2.45) is 5.92 Å². The second-order valence-electron chi connectivity index (χ2n) is 5.18. The molecule has 1 aliphatic rings. The minimum absolute atomic E-state index is 0.325. The van der Waals surface area contributed by atoms with Gasteiger partial charge in [0, 0.05) is 24.2 Å². The van der Waals surface area contributed by atoms with Gasteiger partial charge in [0.05, 0.1) is 4.90 Å². The van der Waals surface area contributed by atoms with E-state index in [2.05, 4.69) is 20.7 Å². The first kappa shape index (κ1) is 15.9. The van der Waals surface area contributed by atoms with Gasteiger partial charge >= 0.3 is 0 Å². The predicted molar refractivity (Wildman–Crippen MR) is 82.2 cm³/mol. The molecule has 1 aliphatic carbocycles. The summed E-state index contributed by atoms with van der Waals surface area (Å²) >= 11 is 3.30. The van der Waals surface area contributed by atoms with Crippen LogP contribution in [0.25, 0.3) is 0 Å². The van der Waals surface area contributed by atoms with Crippen LogP contribution < -0.4 is 4.72 Å². The Morgan fingerprint density at radius 3 is 2.85 bits per heavy atom. The molecule has 6 heteroatoms. The lowest BCUT2D eigenvalue weighted by Gasteiger charge is -2.10. The highest BCUT2D eigenvalue weighted by atomic mass is 79.9. The monoisotopic (exact) mass is 361 g/mol. The molecule has 1 saturated carbocycles. The fourth-order valence-electron chi connectivity index (χ4n) is 1.86. The molecule has 1 N–H and O–H groups in total. The van der Waals surface area contributed by atoms with E-state index in [4.69, 9.17) is 4.74 Å². The van der Waals surface area contributed by atoms with E-state index in [9.17, 15) is 8.42 Å². The molecule has 112 valence electrons. The van der Waals surface area contributed by atoms with Crippen LogP contribution in [-0.2, 0) is 14.8 Å². The number of rotatable bonds is 8. The van der Waals surface area contributed by atoms with Crippen molar-refractivity contribution in [1.82, 2.24) is 4.72 Å². The maximum Gasteiger partial charge on any atom is 0.240 e. The first-order chi connectivity index (χ1) is 9.49. The number of halogens is 1. The van der Waals surface area contributed by atoms with Crippen molar-refractivity contribution in [2.75, 3.05) is 19.8 Å². The molecular weight excluding hydrogens is 342 g/mol. The van der Waals surface area contributed by atoms with Gasteiger partial charge in [-0.3, -0.25) is 0 Å². The molecule has 0 saturated heterocycles. The molecule has 1 aromatic carbocycles. The molecule has 20 heavy (non-hydrogen) atoms. The summed E-state index contributed by atoms with van der Waals surface area (Å²) in [6.07, 6.45) is 3.24. The summed E-state index contributed by atoms with van der Waals surface area (Å²) in [7, 11) is -3.44. The van der Waals surface area contributed by atoms with Crippen LogP contribution in [0.4, 0.5) is 0 Å². The molecule has 0 aliphatic heterocycles. The fourth-order valence-corrected chi connectivity index (χ4v) is 3.71. The van der Waals surface area contributed by atoms with Crippen LogP contribution in [-0.4, -0.2) is 28.2 Å². The van der Waals surface area contributed by atoms with Gasteiger partial charge in [-0.05, 0) is 49.8 Å². The Hall–Kier alpha value is -0.430. The highest BCUT2D eigenvalue weighted by Crippen LogP contribution is 2.28. The van der Waals surface area contributed by atoms with Gasteiger partial charge in [0.25, 0.3) is 0 Å². The minimum atomic E-state index is -3.44. The summed E-state index contributed by atoms with van der Waals surface area (Å²) in [5, 5.41) is 0. The van der Waals surface area contributed by atoms with Gasteiger partial charge in [-0.15, -0.1) is 0 Å². The Kier molecular flexibility index (Phi) is 5.60. The van der Waals surface area contributed by atoms with Gasteiger partial charge in [-0.1, -0.05) is 22.0 Å². The van der Waals surface area contributed by atoms with E-state index in [1.165, 1.54) is 12.8 Å². The number of benzene rings is 1. The zero-order valence-corrected chi connectivity index (χ0v) is 14.0. The van der Waals surface area contributed by atoms with Crippen molar-refractivity contribution < 1.29 is 13.2 Å². The second kappa shape index (κ2) is 7.02. The SMILES string of the molecule is Cc1ccc(Br)cc1S(=O)(=O)NCCCOCC1CC1. The van der Waals surface area contributed by atoms with Gasteiger partial charge in [0.15, 0.2) is 0 Å². The summed E-state index contributed by atoms with van der Waals surface area (Å²) in [5.74, 6) is 0.746. The van der Waals surface area contributed by atoms with Crippen LogP contribution in [0.15, 0.2) is 27.6 Å². The van der Waals surface area contributed by atoms with Crippen molar-refractivity contribution in [2.45, 2.75) is 31.1 Å². The normalized spacial score (nSPS) is 15.5. The summed E-state index contributed by atoms with van der Waals surface area (Å²) in [4.78, 5) is 0.325. The quantitative estimate of drug-likeness (QED) is 0.724. The van der Waals surface area contributed by atoms with Gasteiger partial charge in [-0.2, -0.15) is 0 Å². The van der Waals surface area contributed by atoms with Crippen LogP contribution in [0.2, 0.25) is 0 Å². The van der Waals surface area contributed by atoms with Gasteiger partial charge in [-0.25, -0.2) is 13.1 Å². The van der Waals surface area contributed by atoms with Gasteiger partial charge < -0.3 is 4.74 Å². The summed E-state index contributed by atoms with van der Waals surface area (Å²) in [6.45, 7) is 3.62. The molecule has 0 amide bonds. The lowest BCUT2D eigenvalue weighted by molar-refractivity contribution is 0.123. The van der Waals surface area contributed by atoms with Crippen LogP contribution in [0.3, 0.4) is 0 Å². The van der Waals surface area contributed by atoms with E-state index in [0.717, 1.165) is 22.6 Å².